The minimum Gasteiger partial charge on any atom is -0.481 e. The van der Waals surface area contributed by atoms with E-state index in [0.29, 0.717) is 28.5 Å². The number of rotatable bonds is 4. The van der Waals surface area contributed by atoms with E-state index in [9.17, 15) is 19.8 Å². The second-order valence-corrected chi connectivity index (χ2v) is 16.7. The highest BCUT2D eigenvalue weighted by Gasteiger charge is 2.71. The number of carboxylic acid groups (broad SMARTS) is 2. The van der Waals surface area contributed by atoms with Crippen LogP contribution >= 0.6 is 11.3 Å². The lowest BCUT2D eigenvalue weighted by molar-refractivity contribution is -0.227. The highest BCUT2D eigenvalue weighted by atomic mass is 32.1. The van der Waals surface area contributed by atoms with Gasteiger partial charge in [0.2, 0.25) is 0 Å². The maximum atomic E-state index is 12.9. The predicted octanol–water partition coefficient (Wildman–Crippen LogP) is 9.18. The summed E-state index contributed by atoms with van der Waals surface area (Å²) >= 11 is 1.41. The van der Waals surface area contributed by atoms with Crippen LogP contribution < -0.4 is 0 Å². The summed E-state index contributed by atoms with van der Waals surface area (Å²) in [5, 5.41) is 20.1. The van der Waals surface area contributed by atoms with Gasteiger partial charge in [0, 0.05) is 4.88 Å². The molecule has 2 N–H and O–H groups in total. The summed E-state index contributed by atoms with van der Waals surface area (Å²) in [5.74, 6) is 0.699. The van der Waals surface area contributed by atoms with Crippen LogP contribution in [-0.2, 0) is 4.79 Å². The van der Waals surface area contributed by atoms with E-state index in [-0.39, 0.29) is 27.6 Å². The first kappa shape index (κ1) is 28.2. The topological polar surface area (TPSA) is 74.6 Å². The third-order valence-corrected chi connectivity index (χ3v) is 15.3. The quantitative estimate of drug-likeness (QED) is 0.358. The van der Waals surface area contributed by atoms with E-state index in [1.165, 1.54) is 41.7 Å². The van der Waals surface area contributed by atoms with Crippen molar-refractivity contribution in [1.29, 1.82) is 0 Å². The Balaban J connectivity index is 1.38. The zero-order valence-electron chi connectivity index (χ0n) is 25.3. The molecule has 4 saturated carbocycles. The van der Waals surface area contributed by atoms with Gasteiger partial charge >= 0.3 is 11.9 Å². The standard InChI is InChI=1S/C35H48O4S/c1-20(2)21-12-17-35(30(38)39)19-18-33(6)23(28(21)35)8-11-27-32(5)15-13-22(24-9-10-25(40-24)29(36)37)31(3,4)26(32)14-16-34(27,33)7/h9-10,13,21,23,26-28H,1,8,11-12,14-19H2,2-7H3,(H,36,37)(H,38,39)/t21-,23?,26?,27+,28?,32-,33+,34+,35-/m0/s1. The zero-order valence-corrected chi connectivity index (χ0v) is 26.1. The van der Waals surface area contributed by atoms with Gasteiger partial charge in [-0.1, -0.05) is 52.8 Å². The van der Waals surface area contributed by atoms with E-state index in [2.05, 4.69) is 54.2 Å². The lowest BCUT2D eigenvalue weighted by Crippen LogP contribution is -2.65. The number of hydrogen-bond donors (Lipinski definition) is 2. The molecule has 0 bridgehead atoms. The zero-order chi connectivity index (χ0) is 29.0. The van der Waals surface area contributed by atoms with Gasteiger partial charge in [-0.25, -0.2) is 4.79 Å². The molecule has 1 aromatic heterocycles. The van der Waals surface area contributed by atoms with Gasteiger partial charge in [-0.3, -0.25) is 4.79 Å². The van der Waals surface area contributed by atoms with Gasteiger partial charge in [-0.15, -0.1) is 11.3 Å². The number of carboxylic acids is 2. The molecule has 1 heterocycles. The van der Waals surface area contributed by atoms with E-state index in [4.69, 9.17) is 0 Å². The second-order valence-electron chi connectivity index (χ2n) is 15.7. The van der Waals surface area contributed by atoms with Crippen molar-refractivity contribution < 1.29 is 19.8 Å². The Kier molecular flexibility index (Phi) is 6.23. The van der Waals surface area contributed by atoms with Crippen molar-refractivity contribution in [1.82, 2.24) is 0 Å². The highest BCUT2D eigenvalue weighted by Crippen LogP contribution is 2.77. The number of aliphatic carboxylic acids is 1. The molecular formula is C35H48O4S. The Labute approximate surface area is 244 Å². The number of aromatic carboxylic acids is 1. The smallest absolute Gasteiger partial charge is 0.345 e. The summed E-state index contributed by atoms with van der Waals surface area (Å²) in [4.78, 5) is 26.0. The van der Waals surface area contributed by atoms with Gasteiger partial charge in [-0.05, 0) is 134 Å². The molecule has 0 aromatic carbocycles. The summed E-state index contributed by atoms with van der Waals surface area (Å²) < 4.78 is 0. The van der Waals surface area contributed by atoms with Crippen molar-refractivity contribution in [3.8, 4) is 0 Å². The highest BCUT2D eigenvalue weighted by molar-refractivity contribution is 7.15. The van der Waals surface area contributed by atoms with E-state index < -0.39 is 17.4 Å². The molecule has 3 unspecified atom stereocenters. The number of allylic oxidation sites excluding steroid dienone is 3. The van der Waals surface area contributed by atoms with Crippen LogP contribution in [0.5, 0.6) is 0 Å². The normalized spacial score (nSPS) is 45.4. The number of carbonyl (C=O) groups is 2. The van der Waals surface area contributed by atoms with Gasteiger partial charge in [0.15, 0.2) is 0 Å². The van der Waals surface area contributed by atoms with Crippen LogP contribution in [-0.4, -0.2) is 22.2 Å². The van der Waals surface area contributed by atoms with Crippen LogP contribution in [0, 0.1) is 56.7 Å². The largest absolute Gasteiger partial charge is 0.481 e. The second kappa shape index (κ2) is 8.82. The third kappa shape index (κ3) is 3.42. The summed E-state index contributed by atoms with van der Waals surface area (Å²) in [6.07, 6.45) is 11.8. The molecule has 5 aliphatic carbocycles. The average molecular weight is 565 g/mol. The Bertz CT molecular complexity index is 1300. The molecule has 4 nitrogen and oxygen atoms in total. The van der Waals surface area contributed by atoms with Crippen LogP contribution in [0.15, 0.2) is 30.4 Å². The lowest BCUT2D eigenvalue weighted by Gasteiger charge is -2.72. The number of hydrogen-bond acceptors (Lipinski definition) is 3. The Morgan fingerprint density at radius 3 is 2.25 bits per heavy atom. The number of thiophene rings is 1. The van der Waals surface area contributed by atoms with Gasteiger partial charge in [0.1, 0.15) is 4.88 Å². The van der Waals surface area contributed by atoms with Crippen LogP contribution in [0.2, 0.25) is 0 Å². The van der Waals surface area contributed by atoms with Gasteiger partial charge in [0.25, 0.3) is 0 Å². The first-order chi connectivity index (χ1) is 18.6. The summed E-state index contributed by atoms with van der Waals surface area (Å²) in [6, 6.07) is 3.77. The lowest BCUT2D eigenvalue weighted by atomic mass is 9.32. The Morgan fingerprint density at radius 2 is 1.62 bits per heavy atom. The fourth-order valence-corrected chi connectivity index (χ4v) is 13.2. The van der Waals surface area contributed by atoms with E-state index in [0.717, 1.165) is 43.4 Å². The minimum absolute atomic E-state index is 0.0335. The van der Waals surface area contributed by atoms with Crippen molar-refractivity contribution in [2.45, 2.75) is 99.3 Å². The average Bonchev–Trinajstić information content (AvgIpc) is 3.50. The molecule has 0 aliphatic heterocycles. The predicted molar refractivity (Wildman–Crippen MR) is 161 cm³/mol. The van der Waals surface area contributed by atoms with E-state index in [1.807, 2.05) is 6.07 Å². The molecule has 5 aliphatic rings. The van der Waals surface area contributed by atoms with Crippen LogP contribution in [0.3, 0.4) is 0 Å². The fraction of sp³-hybridized carbons (Fsp3) is 0.714. The minimum atomic E-state index is -0.843. The molecular weight excluding hydrogens is 516 g/mol. The maximum absolute atomic E-state index is 12.9. The molecule has 1 aromatic rings. The molecule has 218 valence electrons. The van der Waals surface area contributed by atoms with Gasteiger partial charge in [0.05, 0.1) is 5.41 Å². The van der Waals surface area contributed by atoms with Crippen molar-refractivity contribution in [2.75, 3.05) is 0 Å². The van der Waals surface area contributed by atoms with Crippen molar-refractivity contribution >= 4 is 28.8 Å². The molecule has 0 radical (unpaired) electrons. The molecule has 40 heavy (non-hydrogen) atoms. The molecule has 0 spiro atoms. The molecule has 0 saturated heterocycles. The summed E-state index contributed by atoms with van der Waals surface area (Å²) in [7, 11) is 0. The van der Waals surface area contributed by atoms with Crippen molar-refractivity contribution in [2.24, 2.45) is 56.7 Å². The summed E-state index contributed by atoms with van der Waals surface area (Å²) in [5.41, 5.74) is 2.39. The SMILES string of the molecule is C=C(C)[C@@H]1CC[C@]2(C(=O)O)CC[C@]3(C)C(CC[C@@H]4[C@@]5(C)CC=C(c6ccc(C(=O)O)s6)C(C)(C)C5CC[C@]43C)C12. The molecule has 6 rings (SSSR count). The van der Waals surface area contributed by atoms with E-state index in [1.54, 1.807) is 6.07 Å². The third-order valence-electron chi connectivity index (χ3n) is 14.2. The first-order valence-electron chi connectivity index (χ1n) is 15.6. The molecule has 0 amide bonds. The van der Waals surface area contributed by atoms with Crippen molar-refractivity contribution in [3.63, 3.8) is 0 Å². The van der Waals surface area contributed by atoms with Gasteiger partial charge < -0.3 is 10.2 Å². The van der Waals surface area contributed by atoms with Crippen molar-refractivity contribution in [3.05, 3.63) is 40.1 Å². The molecule has 4 fully saturated rings. The number of fused-ring (bicyclic) bond motifs is 7. The van der Waals surface area contributed by atoms with Crippen LogP contribution in [0.25, 0.3) is 5.57 Å². The molecule has 9 atom stereocenters. The van der Waals surface area contributed by atoms with Gasteiger partial charge in [-0.2, -0.15) is 0 Å². The van der Waals surface area contributed by atoms with Crippen LogP contribution in [0.4, 0.5) is 0 Å². The Morgan fingerprint density at radius 1 is 0.900 bits per heavy atom. The van der Waals surface area contributed by atoms with Crippen LogP contribution in [0.1, 0.15) is 114 Å². The Hall–Kier alpha value is -1.88. The fourth-order valence-electron chi connectivity index (χ4n) is 12.1. The van der Waals surface area contributed by atoms with E-state index >= 15 is 0 Å². The maximum Gasteiger partial charge on any atom is 0.345 e. The molecule has 5 heteroatoms. The monoisotopic (exact) mass is 564 g/mol. The first-order valence-corrected chi connectivity index (χ1v) is 16.4. The summed E-state index contributed by atoms with van der Waals surface area (Å²) in [6.45, 7) is 19.0.